The summed E-state index contributed by atoms with van der Waals surface area (Å²) < 4.78 is 0. The molecule has 1 rings (SSSR count). The Morgan fingerprint density at radius 2 is 1.65 bits per heavy atom. The van der Waals surface area contributed by atoms with Gasteiger partial charge >= 0.3 is 0 Å². The number of hydrogen-bond acceptors (Lipinski definition) is 2. The highest BCUT2D eigenvalue weighted by Crippen LogP contribution is 2.26. The molecule has 1 unspecified atom stereocenters. The number of hydrazine groups is 1. The highest BCUT2D eigenvalue weighted by atomic mass is 15.2. The molecule has 1 aliphatic rings. The van der Waals surface area contributed by atoms with Gasteiger partial charge in [0.15, 0.2) is 0 Å². The zero-order valence-electron chi connectivity index (χ0n) is 11.7. The molecule has 1 aliphatic carbocycles. The fourth-order valence-electron chi connectivity index (χ4n) is 3.14. The van der Waals surface area contributed by atoms with Crippen molar-refractivity contribution in [1.29, 1.82) is 0 Å². The molecule has 1 atom stereocenters. The summed E-state index contributed by atoms with van der Waals surface area (Å²) >= 11 is 0. The third kappa shape index (κ3) is 6.42. The van der Waals surface area contributed by atoms with Crippen molar-refractivity contribution in [2.24, 2.45) is 11.8 Å². The van der Waals surface area contributed by atoms with E-state index in [1.165, 1.54) is 77.0 Å². The van der Waals surface area contributed by atoms with Crippen molar-refractivity contribution >= 4 is 0 Å². The molecular weight excluding hydrogens is 208 g/mol. The maximum Gasteiger partial charge on any atom is 0.0238 e. The summed E-state index contributed by atoms with van der Waals surface area (Å²) in [6, 6.07) is 0.574. The van der Waals surface area contributed by atoms with Crippen LogP contribution in [0.15, 0.2) is 0 Å². The van der Waals surface area contributed by atoms with Gasteiger partial charge in [0.2, 0.25) is 0 Å². The lowest BCUT2D eigenvalue weighted by atomic mass is 9.84. The lowest BCUT2D eigenvalue weighted by Crippen LogP contribution is -2.41. The van der Waals surface area contributed by atoms with Crippen LogP contribution in [0.5, 0.6) is 0 Å². The first-order chi connectivity index (χ1) is 8.38. The first-order valence-electron chi connectivity index (χ1n) is 7.84. The topological polar surface area (TPSA) is 38.0 Å². The summed E-state index contributed by atoms with van der Waals surface area (Å²) in [6.07, 6.45) is 16.6. The summed E-state index contributed by atoms with van der Waals surface area (Å²) in [5.74, 6) is 6.59. The molecule has 0 aromatic carbocycles. The SMILES string of the molecule is CCCCCCC(NN)C1CCCCCCC1. The van der Waals surface area contributed by atoms with Crippen LogP contribution in [-0.2, 0) is 0 Å². The highest BCUT2D eigenvalue weighted by molar-refractivity contribution is 4.76. The Morgan fingerprint density at radius 3 is 2.24 bits per heavy atom. The lowest BCUT2D eigenvalue weighted by Gasteiger charge is -2.28. The Bertz CT molecular complexity index is 162. The van der Waals surface area contributed by atoms with Crippen molar-refractivity contribution in [2.45, 2.75) is 90.0 Å². The van der Waals surface area contributed by atoms with E-state index in [4.69, 9.17) is 5.84 Å². The van der Waals surface area contributed by atoms with Crippen molar-refractivity contribution in [3.05, 3.63) is 0 Å². The average Bonchev–Trinajstić information content (AvgIpc) is 2.30. The second-order valence-electron chi connectivity index (χ2n) is 5.73. The number of unbranched alkanes of at least 4 members (excludes halogenated alkanes) is 3. The lowest BCUT2D eigenvalue weighted by molar-refractivity contribution is 0.270. The number of hydrogen-bond donors (Lipinski definition) is 2. The fraction of sp³-hybridized carbons (Fsp3) is 1.00. The van der Waals surface area contributed by atoms with Crippen LogP contribution in [0.1, 0.15) is 84.0 Å². The molecule has 0 aromatic heterocycles. The van der Waals surface area contributed by atoms with Crippen LogP contribution in [0.25, 0.3) is 0 Å². The van der Waals surface area contributed by atoms with E-state index in [1.54, 1.807) is 0 Å². The molecule has 1 saturated carbocycles. The molecule has 17 heavy (non-hydrogen) atoms. The number of nitrogens with one attached hydrogen (secondary N) is 1. The van der Waals surface area contributed by atoms with E-state index in [0.29, 0.717) is 6.04 Å². The van der Waals surface area contributed by atoms with Gasteiger partial charge in [-0.3, -0.25) is 11.3 Å². The van der Waals surface area contributed by atoms with Gasteiger partial charge in [0.25, 0.3) is 0 Å². The summed E-state index contributed by atoms with van der Waals surface area (Å²) in [7, 11) is 0. The van der Waals surface area contributed by atoms with Gasteiger partial charge in [-0.15, -0.1) is 0 Å². The van der Waals surface area contributed by atoms with Gasteiger partial charge in [-0.2, -0.15) is 0 Å². The van der Waals surface area contributed by atoms with Crippen LogP contribution >= 0.6 is 0 Å². The third-order valence-corrected chi connectivity index (χ3v) is 4.30. The Morgan fingerprint density at radius 1 is 1.00 bits per heavy atom. The van der Waals surface area contributed by atoms with Crippen LogP contribution in [0.2, 0.25) is 0 Å². The highest BCUT2D eigenvalue weighted by Gasteiger charge is 2.20. The normalized spacial score (nSPS) is 20.8. The van der Waals surface area contributed by atoms with E-state index in [1.807, 2.05) is 0 Å². The summed E-state index contributed by atoms with van der Waals surface area (Å²) in [5.41, 5.74) is 3.10. The number of nitrogens with two attached hydrogens (primary N) is 1. The molecule has 2 heteroatoms. The molecule has 2 nitrogen and oxygen atoms in total. The van der Waals surface area contributed by atoms with Crippen molar-refractivity contribution in [3.63, 3.8) is 0 Å². The Balaban J connectivity index is 2.25. The molecule has 0 aliphatic heterocycles. The van der Waals surface area contributed by atoms with Gasteiger partial charge in [0.1, 0.15) is 0 Å². The molecule has 1 fully saturated rings. The summed E-state index contributed by atoms with van der Waals surface area (Å²) in [6.45, 7) is 2.27. The molecular formula is C15H32N2. The number of rotatable bonds is 7. The summed E-state index contributed by atoms with van der Waals surface area (Å²) in [4.78, 5) is 0. The van der Waals surface area contributed by atoms with Crippen LogP contribution in [0.3, 0.4) is 0 Å². The van der Waals surface area contributed by atoms with Crippen molar-refractivity contribution in [3.8, 4) is 0 Å². The smallest absolute Gasteiger partial charge is 0.0238 e. The zero-order chi connectivity index (χ0) is 12.3. The molecule has 0 spiro atoms. The second kappa shape index (κ2) is 9.90. The molecule has 0 saturated heterocycles. The molecule has 0 bridgehead atoms. The standard InChI is InChI=1S/C15H32N2/c1-2-3-4-10-13-15(17-16)14-11-8-6-5-7-9-12-14/h14-15,17H,2-13,16H2,1H3. The third-order valence-electron chi connectivity index (χ3n) is 4.30. The summed E-state index contributed by atoms with van der Waals surface area (Å²) in [5, 5.41) is 0. The van der Waals surface area contributed by atoms with E-state index in [9.17, 15) is 0 Å². The van der Waals surface area contributed by atoms with Crippen LogP contribution in [0, 0.1) is 5.92 Å². The molecule has 3 N–H and O–H groups in total. The van der Waals surface area contributed by atoms with E-state index in [-0.39, 0.29) is 0 Å². The van der Waals surface area contributed by atoms with Crippen molar-refractivity contribution < 1.29 is 0 Å². The minimum absolute atomic E-state index is 0.574. The molecule has 0 heterocycles. The predicted octanol–water partition coefficient (Wildman–Crippen LogP) is 4.15. The fourth-order valence-corrected chi connectivity index (χ4v) is 3.14. The maximum atomic E-state index is 5.76. The molecule has 102 valence electrons. The van der Waals surface area contributed by atoms with Gasteiger partial charge in [0, 0.05) is 6.04 Å². The Hall–Kier alpha value is -0.0800. The first-order valence-corrected chi connectivity index (χ1v) is 7.84. The van der Waals surface area contributed by atoms with Gasteiger partial charge < -0.3 is 0 Å². The Labute approximate surface area is 108 Å². The van der Waals surface area contributed by atoms with Gasteiger partial charge in [0.05, 0.1) is 0 Å². The average molecular weight is 240 g/mol. The Kier molecular flexibility index (Phi) is 8.72. The van der Waals surface area contributed by atoms with Crippen LogP contribution in [-0.4, -0.2) is 6.04 Å². The largest absolute Gasteiger partial charge is 0.271 e. The van der Waals surface area contributed by atoms with Crippen LogP contribution in [0.4, 0.5) is 0 Å². The van der Waals surface area contributed by atoms with E-state index in [2.05, 4.69) is 12.3 Å². The first kappa shape index (κ1) is 15.0. The van der Waals surface area contributed by atoms with Gasteiger partial charge in [-0.25, -0.2) is 0 Å². The van der Waals surface area contributed by atoms with Crippen LogP contribution < -0.4 is 11.3 Å². The van der Waals surface area contributed by atoms with E-state index >= 15 is 0 Å². The van der Waals surface area contributed by atoms with Gasteiger partial charge in [-0.05, 0) is 25.2 Å². The molecule has 0 amide bonds. The zero-order valence-corrected chi connectivity index (χ0v) is 11.7. The molecule has 0 aromatic rings. The quantitative estimate of drug-likeness (QED) is 0.398. The minimum atomic E-state index is 0.574. The van der Waals surface area contributed by atoms with Crippen molar-refractivity contribution in [2.75, 3.05) is 0 Å². The monoisotopic (exact) mass is 240 g/mol. The van der Waals surface area contributed by atoms with Gasteiger partial charge in [-0.1, -0.05) is 64.7 Å². The molecule has 0 radical (unpaired) electrons. The minimum Gasteiger partial charge on any atom is -0.271 e. The predicted molar refractivity (Wildman–Crippen MR) is 75.7 cm³/mol. The van der Waals surface area contributed by atoms with E-state index in [0.717, 1.165) is 5.92 Å². The van der Waals surface area contributed by atoms with Crippen molar-refractivity contribution in [1.82, 2.24) is 5.43 Å². The van der Waals surface area contributed by atoms with E-state index < -0.39 is 0 Å². The second-order valence-corrected chi connectivity index (χ2v) is 5.73. The maximum absolute atomic E-state index is 5.76.